The van der Waals surface area contributed by atoms with E-state index in [9.17, 15) is 4.39 Å². The number of halogens is 3. The van der Waals surface area contributed by atoms with Crippen LogP contribution in [0, 0.1) is 5.82 Å². The minimum Gasteiger partial charge on any atom is -0.486 e. The van der Waals surface area contributed by atoms with Gasteiger partial charge in [0.1, 0.15) is 6.61 Å². The third-order valence-corrected chi connectivity index (χ3v) is 4.13. The molecule has 0 bridgehead atoms. The highest BCUT2D eigenvalue weighted by Crippen LogP contribution is 2.25. The predicted molar refractivity (Wildman–Crippen MR) is 87.4 cm³/mol. The Morgan fingerprint density at radius 2 is 2.05 bits per heavy atom. The van der Waals surface area contributed by atoms with Crippen LogP contribution in [0.15, 0.2) is 40.9 Å². The molecule has 0 amide bonds. The van der Waals surface area contributed by atoms with Gasteiger partial charge in [0, 0.05) is 21.1 Å². The summed E-state index contributed by atoms with van der Waals surface area (Å²) in [6.45, 7) is 2.20. The van der Waals surface area contributed by atoms with Crippen LogP contribution in [0.1, 0.15) is 24.1 Å². The molecule has 0 spiro atoms. The second-order valence-corrected chi connectivity index (χ2v) is 6.05. The van der Waals surface area contributed by atoms with E-state index >= 15 is 0 Å². The molecule has 1 atom stereocenters. The molecule has 0 aromatic heterocycles. The fraction of sp³-hybridized carbons (Fsp3) is 0.250. The van der Waals surface area contributed by atoms with Gasteiger partial charge in [-0.05, 0) is 43.8 Å². The summed E-state index contributed by atoms with van der Waals surface area (Å²) in [6.07, 6.45) is 0. The van der Waals surface area contributed by atoms with E-state index in [0.29, 0.717) is 5.02 Å². The normalized spacial score (nSPS) is 12.2. The van der Waals surface area contributed by atoms with Crippen LogP contribution in [0.3, 0.4) is 0 Å². The van der Waals surface area contributed by atoms with Crippen molar-refractivity contribution in [3.05, 3.63) is 62.8 Å². The van der Waals surface area contributed by atoms with E-state index < -0.39 is 0 Å². The molecule has 0 radical (unpaired) electrons. The lowest BCUT2D eigenvalue weighted by Crippen LogP contribution is -2.12. The third-order valence-electron chi connectivity index (χ3n) is 3.29. The Balaban J connectivity index is 2.10. The monoisotopic (exact) mass is 371 g/mol. The molecule has 0 saturated carbocycles. The molecule has 2 nitrogen and oxygen atoms in total. The Bertz CT molecular complexity index is 636. The van der Waals surface area contributed by atoms with Crippen LogP contribution in [0.2, 0.25) is 5.02 Å². The molecule has 1 N–H and O–H groups in total. The number of benzene rings is 2. The van der Waals surface area contributed by atoms with Crippen molar-refractivity contribution in [2.45, 2.75) is 19.6 Å². The summed E-state index contributed by atoms with van der Waals surface area (Å²) in [5.74, 6) is -0.149. The van der Waals surface area contributed by atoms with Crippen LogP contribution in [0.4, 0.5) is 4.39 Å². The highest BCUT2D eigenvalue weighted by atomic mass is 79.9. The van der Waals surface area contributed by atoms with E-state index in [1.807, 2.05) is 32.2 Å². The Hall–Kier alpha value is -1.10. The summed E-state index contributed by atoms with van der Waals surface area (Å²) < 4.78 is 20.4. The Kier molecular flexibility index (Phi) is 5.62. The molecular weight excluding hydrogens is 357 g/mol. The lowest BCUT2D eigenvalue weighted by atomic mass is 10.1. The molecule has 112 valence electrons. The molecule has 1 unspecified atom stereocenters. The molecule has 0 fully saturated rings. The summed E-state index contributed by atoms with van der Waals surface area (Å²) in [7, 11) is 1.84. The van der Waals surface area contributed by atoms with E-state index in [1.54, 1.807) is 12.1 Å². The van der Waals surface area contributed by atoms with Crippen molar-refractivity contribution in [2.24, 2.45) is 0 Å². The van der Waals surface area contributed by atoms with Gasteiger partial charge in [0.25, 0.3) is 0 Å². The summed E-state index contributed by atoms with van der Waals surface area (Å²) in [5.41, 5.74) is 1.69. The van der Waals surface area contributed by atoms with Crippen molar-refractivity contribution in [1.29, 1.82) is 0 Å². The average molecular weight is 373 g/mol. The first-order valence-corrected chi connectivity index (χ1v) is 7.72. The van der Waals surface area contributed by atoms with Gasteiger partial charge < -0.3 is 10.1 Å². The van der Waals surface area contributed by atoms with Crippen LogP contribution >= 0.6 is 27.5 Å². The van der Waals surface area contributed by atoms with Gasteiger partial charge in [0.15, 0.2) is 11.6 Å². The second-order valence-electron chi connectivity index (χ2n) is 4.72. The maximum atomic E-state index is 14.0. The topological polar surface area (TPSA) is 21.3 Å². The van der Waals surface area contributed by atoms with Crippen LogP contribution in [0.25, 0.3) is 0 Å². The van der Waals surface area contributed by atoms with Crippen molar-refractivity contribution in [3.8, 4) is 5.75 Å². The molecule has 2 aromatic carbocycles. The zero-order valence-electron chi connectivity index (χ0n) is 11.8. The highest BCUT2D eigenvalue weighted by Gasteiger charge is 2.09. The SMILES string of the molecule is CNC(C)c1ccc(OCc2ccc(Br)cc2Cl)c(F)c1. The molecule has 0 aliphatic carbocycles. The first-order valence-electron chi connectivity index (χ1n) is 6.54. The maximum Gasteiger partial charge on any atom is 0.165 e. The zero-order chi connectivity index (χ0) is 15.4. The van der Waals surface area contributed by atoms with Crippen LogP contribution in [0.5, 0.6) is 5.75 Å². The standard InChI is InChI=1S/C16H16BrClFNO/c1-10(20-2)11-4-6-16(15(19)7-11)21-9-12-3-5-13(17)8-14(12)18/h3-8,10,20H,9H2,1-2H3. The van der Waals surface area contributed by atoms with E-state index in [0.717, 1.165) is 15.6 Å². The second kappa shape index (κ2) is 7.25. The number of rotatable bonds is 5. The number of hydrogen-bond donors (Lipinski definition) is 1. The lowest BCUT2D eigenvalue weighted by molar-refractivity contribution is 0.290. The Morgan fingerprint density at radius 3 is 2.67 bits per heavy atom. The molecule has 0 aliphatic heterocycles. The van der Waals surface area contributed by atoms with Crippen LogP contribution < -0.4 is 10.1 Å². The Morgan fingerprint density at radius 1 is 1.29 bits per heavy atom. The minimum atomic E-state index is -0.372. The van der Waals surface area contributed by atoms with Crippen LogP contribution in [-0.2, 0) is 6.61 Å². The van der Waals surface area contributed by atoms with Gasteiger partial charge in [-0.1, -0.05) is 39.7 Å². The first-order chi connectivity index (χ1) is 10.0. The van der Waals surface area contributed by atoms with Crippen molar-refractivity contribution < 1.29 is 9.13 Å². The molecule has 21 heavy (non-hydrogen) atoms. The maximum absolute atomic E-state index is 14.0. The summed E-state index contributed by atoms with van der Waals surface area (Å²) >= 11 is 9.45. The minimum absolute atomic E-state index is 0.0921. The summed E-state index contributed by atoms with van der Waals surface area (Å²) in [6, 6.07) is 10.6. The lowest BCUT2D eigenvalue weighted by Gasteiger charge is -2.13. The molecule has 0 heterocycles. The first kappa shape index (κ1) is 16.3. The molecule has 0 aliphatic rings. The molecule has 2 aromatic rings. The summed E-state index contributed by atoms with van der Waals surface area (Å²) in [4.78, 5) is 0. The smallest absolute Gasteiger partial charge is 0.165 e. The molecule has 5 heteroatoms. The number of nitrogens with one attached hydrogen (secondary N) is 1. The predicted octanol–water partition coefficient (Wildman–Crippen LogP) is 5.10. The van der Waals surface area contributed by atoms with Crippen LogP contribution in [-0.4, -0.2) is 7.05 Å². The van der Waals surface area contributed by atoms with Gasteiger partial charge in [-0.3, -0.25) is 0 Å². The van der Waals surface area contributed by atoms with E-state index in [4.69, 9.17) is 16.3 Å². The molecule has 0 saturated heterocycles. The van der Waals surface area contributed by atoms with Crippen molar-refractivity contribution in [1.82, 2.24) is 5.32 Å². The fourth-order valence-corrected chi connectivity index (χ4v) is 2.59. The largest absolute Gasteiger partial charge is 0.486 e. The third kappa shape index (κ3) is 4.19. The quantitative estimate of drug-likeness (QED) is 0.788. The van der Waals surface area contributed by atoms with Gasteiger partial charge in [-0.15, -0.1) is 0 Å². The number of hydrogen-bond acceptors (Lipinski definition) is 2. The van der Waals surface area contributed by atoms with Gasteiger partial charge in [0.2, 0.25) is 0 Å². The zero-order valence-corrected chi connectivity index (χ0v) is 14.1. The van der Waals surface area contributed by atoms with Crippen molar-refractivity contribution >= 4 is 27.5 Å². The molecular formula is C16H16BrClFNO. The molecule has 2 rings (SSSR count). The van der Waals surface area contributed by atoms with Gasteiger partial charge in [-0.25, -0.2) is 4.39 Å². The van der Waals surface area contributed by atoms with E-state index in [2.05, 4.69) is 21.2 Å². The number of ether oxygens (including phenoxy) is 1. The van der Waals surface area contributed by atoms with Gasteiger partial charge >= 0.3 is 0 Å². The average Bonchev–Trinajstić information content (AvgIpc) is 2.46. The van der Waals surface area contributed by atoms with Crippen molar-refractivity contribution in [3.63, 3.8) is 0 Å². The van der Waals surface area contributed by atoms with E-state index in [-0.39, 0.29) is 24.2 Å². The van der Waals surface area contributed by atoms with Crippen molar-refractivity contribution in [2.75, 3.05) is 7.05 Å². The van der Waals surface area contributed by atoms with E-state index in [1.165, 1.54) is 6.07 Å². The highest BCUT2D eigenvalue weighted by molar-refractivity contribution is 9.10. The Labute approximate surface area is 137 Å². The fourth-order valence-electron chi connectivity index (χ4n) is 1.86. The summed E-state index contributed by atoms with van der Waals surface area (Å²) in [5, 5.41) is 3.66. The van der Waals surface area contributed by atoms with Gasteiger partial charge in [-0.2, -0.15) is 0 Å². The van der Waals surface area contributed by atoms with Gasteiger partial charge in [0.05, 0.1) is 0 Å².